The van der Waals surface area contributed by atoms with Crippen LogP contribution in [-0.4, -0.2) is 90.2 Å². The number of nitrogens with one attached hydrogen (secondary N) is 1. The van der Waals surface area contributed by atoms with Gasteiger partial charge in [0.2, 0.25) is 11.7 Å². The summed E-state index contributed by atoms with van der Waals surface area (Å²) in [5.74, 6) is -5.18. The highest BCUT2D eigenvalue weighted by molar-refractivity contribution is 6.09. The number of pyridine rings is 2. The highest BCUT2D eigenvalue weighted by atomic mass is 19.3. The van der Waals surface area contributed by atoms with Gasteiger partial charge in [0.1, 0.15) is 5.60 Å². The Labute approximate surface area is 259 Å². The van der Waals surface area contributed by atoms with E-state index in [4.69, 9.17) is 4.52 Å². The number of aromatic nitrogens is 5. The zero-order valence-corrected chi connectivity index (χ0v) is 25.0. The van der Waals surface area contributed by atoms with Crippen molar-refractivity contribution in [1.82, 2.24) is 29.6 Å². The van der Waals surface area contributed by atoms with Crippen LogP contribution in [0.15, 0.2) is 41.3 Å². The minimum Gasteiger partial charge on any atom is -0.384 e. The van der Waals surface area contributed by atoms with Crippen molar-refractivity contribution in [3.05, 3.63) is 53.9 Å². The molecule has 1 aliphatic carbocycles. The minimum atomic E-state index is -3.47. The number of nitrogens with zero attached hydrogens (tertiary/aromatic N) is 7. The number of likely N-dealkylation sites (tertiary alicyclic amines) is 1. The Hall–Kier alpha value is -4.60. The summed E-state index contributed by atoms with van der Waals surface area (Å²) < 4.78 is 60.1. The number of aryl methyl sites for hydroxylation is 1. The first-order valence-electron chi connectivity index (χ1n) is 14.7. The molecule has 0 bridgehead atoms. The van der Waals surface area contributed by atoms with Crippen LogP contribution in [0.5, 0.6) is 0 Å². The molecule has 2 atom stereocenters. The summed E-state index contributed by atoms with van der Waals surface area (Å²) in [5.41, 5.74) is 0.786. The molecule has 46 heavy (non-hydrogen) atoms. The second-order valence-corrected chi connectivity index (χ2v) is 12.8. The van der Waals surface area contributed by atoms with Crippen molar-refractivity contribution < 1.29 is 36.8 Å². The van der Waals surface area contributed by atoms with Crippen LogP contribution in [0.25, 0.3) is 16.9 Å². The third-order valence-electron chi connectivity index (χ3n) is 9.39. The number of aliphatic hydroxyl groups is 1. The van der Waals surface area contributed by atoms with Crippen molar-refractivity contribution >= 4 is 28.7 Å². The van der Waals surface area contributed by atoms with E-state index in [0.29, 0.717) is 48.0 Å². The van der Waals surface area contributed by atoms with E-state index in [1.54, 1.807) is 30.6 Å². The van der Waals surface area contributed by atoms with Gasteiger partial charge in [0.05, 0.1) is 34.6 Å². The molecule has 4 aromatic rings. The molecule has 4 aromatic heterocycles. The van der Waals surface area contributed by atoms with Crippen LogP contribution in [-0.2, 0) is 4.79 Å². The largest absolute Gasteiger partial charge is 0.384 e. The molecule has 0 radical (unpaired) electrons. The lowest BCUT2D eigenvalue weighted by atomic mass is 9.55. The number of carbonyl (C=O) groups is 2. The zero-order valence-electron chi connectivity index (χ0n) is 25.0. The van der Waals surface area contributed by atoms with E-state index in [1.807, 2.05) is 17.0 Å². The van der Waals surface area contributed by atoms with Gasteiger partial charge in [0, 0.05) is 61.7 Å². The van der Waals surface area contributed by atoms with Crippen molar-refractivity contribution in [2.45, 2.75) is 63.5 Å². The monoisotopic (exact) mass is 642 g/mol. The molecule has 2 N–H and O–H groups in total. The number of anilines is 2. The van der Waals surface area contributed by atoms with E-state index < -0.39 is 41.7 Å². The lowest BCUT2D eigenvalue weighted by Gasteiger charge is -2.62. The van der Waals surface area contributed by atoms with Crippen molar-refractivity contribution in [3.63, 3.8) is 0 Å². The van der Waals surface area contributed by atoms with Gasteiger partial charge in [0.25, 0.3) is 18.2 Å². The number of hydrogen-bond acceptors (Lipinski definition) is 9. The molecule has 16 heteroatoms. The maximum atomic E-state index is 13.5. The fourth-order valence-electron chi connectivity index (χ4n) is 6.80. The van der Waals surface area contributed by atoms with Gasteiger partial charge in [-0.1, -0.05) is 5.16 Å². The van der Waals surface area contributed by atoms with Gasteiger partial charge in [-0.25, -0.2) is 13.3 Å². The molecule has 3 aliphatic rings. The molecule has 6 heterocycles. The predicted octanol–water partition coefficient (Wildman–Crippen LogP) is 3.91. The van der Waals surface area contributed by atoms with Crippen LogP contribution in [0.4, 0.5) is 28.9 Å². The van der Waals surface area contributed by atoms with Gasteiger partial charge in [-0.15, -0.1) is 0 Å². The number of amides is 2. The Balaban J connectivity index is 1.04. The van der Waals surface area contributed by atoms with E-state index >= 15 is 0 Å². The Morgan fingerprint density at radius 1 is 1.20 bits per heavy atom. The Kier molecular flexibility index (Phi) is 6.67. The van der Waals surface area contributed by atoms with Crippen molar-refractivity contribution in [2.75, 3.05) is 29.9 Å². The van der Waals surface area contributed by atoms with Crippen LogP contribution in [0.1, 0.15) is 54.5 Å². The lowest BCUT2D eigenvalue weighted by Crippen LogP contribution is -2.70. The summed E-state index contributed by atoms with van der Waals surface area (Å²) in [7, 11) is 0. The number of alkyl halides is 4. The molecule has 1 spiro atoms. The van der Waals surface area contributed by atoms with E-state index in [2.05, 4.69) is 25.5 Å². The second kappa shape index (κ2) is 10.2. The lowest BCUT2D eigenvalue weighted by molar-refractivity contribution is -0.209. The summed E-state index contributed by atoms with van der Waals surface area (Å²) in [4.78, 5) is 37.2. The van der Waals surface area contributed by atoms with Gasteiger partial charge < -0.3 is 24.7 Å². The number of hydrogen-bond donors (Lipinski definition) is 2. The topological polar surface area (TPSA) is 142 Å². The van der Waals surface area contributed by atoms with E-state index in [1.165, 1.54) is 12.4 Å². The van der Waals surface area contributed by atoms with Crippen LogP contribution in [0.3, 0.4) is 0 Å². The summed E-state index contributed by atoms with van der Waals surface area (Å²) in [6, 6.07) is 4.74. The Morgan fingerprint density at radius 2 is 1.93 bits per heavy atom. The minimum absolute atomic E-state index is 0.0284. The first-order chi connectivity index (χ1) is 21.7. The standard InChI is InChI=1S/C30H30F4N8O4/c1-15-21(6-17(8-35-15)23-38-25(46-39-23)20-10-41(16(20)2)27(44)28(3,33)34)37-24(43)19-9-36-42-5-4-18(7-22(19)42)40-13-29(14-40)11-30(45,12-29)26(31)32/h4-9,16,20,26,45H,10-14H2,1-3H3,(H,37,43)/t16-,20+/m0/s1. The fourth-order valence-corrected chi connectivity index (χ4v) is 6.80. The van der Waals surface area contributed by atoms with Gasteiger partial charge in [-0.3, -0.25) is 14.6 Å². The molecule has 242 valence electrons. The highest BCUT2D eigenvalue weighted by Crippen LogP contribution is 2.57. The normalized spacial score (nSPS) is 21.7. The van der Waals surface area contributed by atoms with Gasteiger partial charge in [-0.2, -0.15) is 18.9 Å². The maximum Gasteiger partial charge on any atom is 0.322 e. The number of carbonyl (C=O) groups excluding carboxylic acids is 2. The molecule has 7 rings (SSSR count). The van der Waals surface area contributed by atoms with E-state index in [-0.39, 0.29) is 36.5 Å². The number of rotatable bonds is 7. The summed E-state index contributed by atoms with van der Waals surface area (Å²) >= 11 is 0. The van der Waals surface area contributed by atoms with Crippen LogP contribution < -0.4 is 10.2 Å². The molecule has 1 saturated carbocycles. The molecular formula is C30H30F4N8O4. The average molecular weight is 643 g/mol. The first kappa shape index (κ1) is 30.1. The SMILES string of the molecule is Cc1ncc(-c2noc([C@@H]3CN(C(=O)C(C)(F)F)[C@H]3C)n2)cc1NC(=O)c1cnn2ccc(N3CC4(C3)CC(O)(C(F)F)C4)cc12. The molecule has 2 aliphatic heterocycles. The van der Waals surface area contributed by atoms with Crippen LogP contribution >= 0.6 is 0 Å². The van der Waals surface area contributed by atoms with Crippen molar-refractivity contribution in [1.29, 1.82) is 0 Å². The fraction of sp³-hybridized carbons (Fsp3) is 0.467. The van der Waals surface area contributed by atoms with Gasteiger partial charge in [0.15, 0.2) is 0 Å². The van der Waals surface area contributed by atoms with Gasteiger partial charge in [-0.05, 0) is 44.9 Å². The van der Waals surface area contributed by atoms with Gasteiger partial charge >= 0.3 is 5.92 Å². The predicted molar refractivity (Wildman–Crippen MR) is 155 cm³/mol. The molecule has 2 amide bonds. The first-order valence-corrected chi connectivity index (χ1v) is 14.7. The third-order valence-corrected chi connectivity index (χ3v) is 9.39. The summed E-state index contributed by atoms with van der Waals surface area (Å²) in [6.07, 6.45) is 2.05. The van der Waals surface area contributed by atoms with E-state index in [0.717, 1.165) is 10.6 Å². The molecule has 0 unspecified atom stereocenters. The van der Waals surface area contributed by atoms with Crippen LogP contribution in [0.2, 0.25) is 0 Å². The molecule has 0 aromatic carbocycles. The summed E-state index contributed by atoms with van der Waals surface area (Å²) in [5, 5.41) is 21.1. The highest BCUT2D eigenvalue weighted by Gasteiger charge is 2.63. The number of halogens is 4. The van der Waals surface area contributed by atoms with Crippen LogP contribution in [0, 0.1) is 12.3 Å². The molecule has 3 fully saturated rings. The van der Waals surface area contributed by atoms with Crippen molar-refractivity contribution in [3.8, 4) is 11.4 Å². The molecule has 2 saturated heterocycles. The smallest absolute Gasteiger partial charge is 0.322 e. The summed E-state index contributed by atoms with van der Waals surface area (Å²) in [6.45, 7) is 5.02. The number of fused-ring (bicyclic) bond motifs is 1. The van der Waals surface area contributed by atoms with Crippen molar-refractivity contribution in [2.24, 2.45) is 5.41 Å². The maximum absolute atomic E-state index is 13.5. The van der Waals surface area contributed by atoms with E-state index in [9.17, 15) is 32.3 Å². The quantitative estimate of drug-likeness (QED) is 0.287. The zero-order chi connectivity index (χ0) is 32.8. The average Bonchev–Trinajstić information content (AvgIpc) is 3.61. The third kappa shape index (κ3) is 4.85. The molecule has 12 nitrogen and oxygen atoms in total. The second-order valence-electron chi connectivity index (χ2n) is 12.8. The molecular weight excluding hydrogens is 612 g/mol. The Morgan fingerprint density at radius 3 is 2.61 bits per heavy atom. The Bertz CT molecular complexity index is 1860.